The van der Waals surface area contributed by atoms with Gasteiger partial charge < -0.3 is 14.1 Å². The Morgan fingerprint density at radius 3 is 2.72 bits per heavy atom. The highest BCUT2D eigenvalue weighted by Gasteiger charge is 2.27. The SMILES string of the molecule is CCCN(CC1CC1)C(=O)COC(=O)C(=Cc1ccco1)n1nnnc1-c1ccccc1. The van der Waals surface area contributed by atoms with E-state index in [0.29, 0.717) is 30.6 Å². The van der Waals surface area contributed by atoms with Gasteiger partial charge in [-0.15, -0.1) is 5.10 Å². The highest BCUT2D eigenvalue weighted by Crippen LogP contribution is 2.29. The van der Waals surface area contributed by atoms with Gasteiger partial charge in [-0.05, 0) is 47.7 Å². The van der Waals surface area contributed by atoms with Crippen molar-refractivity contribution >= 4 is 23.6 Å². The molecule has 0 N–H and O–H groups in total. The van der Waals surface area contributed by atoms with Crippen molar-refractivity contribution in [2.45, 2.75) is 26.2 Å². The molecule has 0 unspecified atom stereocenters. The number of hydrogen-bond acceptors (Lipinski definition) is 7. The van der Waals surface area contributed by atoms with Crippen LogP contribution in [0.15, 0.2) is 53.1 Å². The predicted octanol–water partition coefficient (Wildman–Crippen LogP) is 3.12. The van der Waals surface area contributed by atoms with Gasteiger partial charge in [0.25, 0.3) is 5.91 Å². The second-order valence-corrected chi connectivity index (χ2v) is 7.68. The summed E-state index contributed by atoms with van der Waals surface area (Å²) in [5, 5.41) is 11.8. The molecule has 1 saturated carbocycles. The van der Waals surface area contributed by atoms with Crippen LogP contribution in [0.25, 0.3) is 23.2 Å². The minimum Gasteiger partial charge on any atom is -0.465 e. The maximum absolute atomic E-state index is 13.1. The summed E-state index contributed by atoms with van der Waals surface area (Å²) in [6.45, 7) is 3.04. The van der Waals surface area contributed by atoms with E-state index in [1.807, 2.05) is 37.3 Å². The second-order valence-electron chi connectivity index (χ2n) is 7.68. The van der Waals surface area contributed by atoms with Crippen LogP contribution >= 0.6 is 0 Å². The first-order valence-corrected chi connectivity index (χ1v) is 10.7. The fraction of sp³-hybridized carbons (Fsp3) is 0.348. The van der Waals surface area contributed by atoms with Gasteiger partial charge in [-0.25, -0.2) is 4.79 Å². The molecule has 0 atom stereocenters. The van der Waals surface area contributed by atoms with E-state index in [9.17, 15) is 9.59 Å². The number of amides is 1. The summed E-state index contributed by atoms with van der Waals surface area (Å²) >= 11 is 0. The lowest BCUT2D eigenvalue weighted by atomic mass is 10.2. The van der Waals surface area contributed by atoms with Crippen molar-refractivity contribution < 1.29 is 18.7 Å². The molecule has 9 heteroatoms. The number of carbonyl (C=O) groups is 2. The van der Waals surface area contributed by atoms with Crippen LogP contribution < -0.4 is 0 Å². The van der Waals surface area contributed by atoms with Crippen molar-refractivity contribution in [2.75, 3.05) is 19.7 Å². The number of aromatic nitrogens is 4. The Morgan fingerprint density at radius 2 is 2.03 bits per heavy atom. The van der Waals surface area contributed by atoms with Crippen LogP contribution in [0.2, 0.25) is 0 Å². The third-order valence-corrected chi connectivity index (χ3v) is 5.11. The van der Waals surface area contributed by atoms with Gasteiger partial charge in [0.2, 0.25) is 0 Å². The molecule has 166 valence electrons. The summed E-state index contributed by atoms with van der Waals surface area (Å²) in [7, 11) is 0. The van der Waals surface area contributed by atoms with Crippen LogP contribution in [0.4, 0.5) is 0 Å². The van der Waals surface area contributed by atoms with E-state index in [0.717, 1.165) is 24.8 Å². The van der Waals surface area contributed by atoms with E-state index in [1.54, 1.807) is 17.0 Å². The average molecular weight is 435 g/mol. The standard InChI is InChI=1S/C23H25N5O4/c1-2-12-27(15-17-10-11-17)21(29)16-32-23(30)20(14-19-9-6-13-31-19)28-22(24-25-26-28)18-7-4-3-5-8-18/h3-9,13-14,17H,2,10-12,15-16H2,1H3. The Balaban J connectivity index is 1.55. The van der Waals surface area contributed by atoms with Crippen LogP contribution in [0.5, 0.6) is 0 Å². The number of carbonyl (C=O) groups excluding carboxylic acids is 2. The number of hydrogen-bond donors (Lipinski definition) is 0. The van der Waals surface area contributed by atoms with Gasteiger partial charge in [0, 0.05) is 24.7 Å². The van der Waals surface area contributed by atoms with Crippen LogP contribution in [0.1, 0.15) is 31.9 Å². The maximum atomic E-state index is 13.1. The van der Waals surface area contributed by atoms with Crippen LogP contribution in [-0.4, -0.2) is 56.7 Å². The minimum absolute atomic E-state index is 0.0424. The summed E-state index contributed by atoms with van der Waals surface area (Å²) in [5.41, 5.74) is 0.770. The largest absolute Gasteiger partial charge is 0.465 e. The number of rotatable bonds is 10. The third kappa shape index (κ3) is 5.29. The quantitative estimate of drug-likeness (QED) is 0.356. The average Bonchev–Trinajstić information content (AvgIpc) is 3.26. The highest BCUT2D eigenvalue weighted by atomic mass is 16.5. The Labute approximate surface area is 185 Å². The molecule has 2 heterocycles. The minimum atomic E-state index is -0.720. The first kappa shape index (κ1) is 21.5. The van der Waals surface area contributed by atoms with Gasteiger partial charge in [-0.2, -0.15) is 4.68 Å². The fourth-order valence-corrected chi connectivity index (χ4v) is 3.32. The van der Waals surface area contributed by atoms with Crippen molar-refractivity contribution in [3.63, 3.8) is 0 Å². The van der Waals surface area contributed by atoms with Crippen LogP contribution in [0.3, 0.4) is 0 Å². The normalized spacial score (nSPS) is 13.7. The topological polar surface area (TPSA) is 103 Å². The van der Waals surface area contributed by atoms with Gasteiger partial charge in [0.15, 0.2) is 18.1 Å². The predicted molar refractivity (Wildman–Crippen MR) is 117 cm³/mol. The number of nitrogens with zero attached hydrogens (tertiary/aromatic N) is 5. The van der Waals surface area contributed by atoms with Crippen LogP contribution in [-0.2, 0) is 14.3 Å². The Morgan fingerprint density at radius 1 is 1.22 bits per heavy atom. The summed E-state index contributed by atoms with van der Waals surface area (Å²) in [5.74, 6) is 0.434. The van der Waals surface area contributed by atoms with Gasteiger partial charge >= 0.3 is 5.97 Å². The Kier molecular flexibility index (Phi) is 6.74. The molecule has 1 fully saturated rings. The molecule has 4 rings (SSSR count). The van der Waals surface area contributed by atoms with Gasteiger partial charge in [-0.3, -0.25) is 4.79 Å². The molecule has 1 aliphatic rings. The third-order valence-electron chi connectivity index (χ3n) is 5.11. The first-order chi connectivity index (χ1) is 15.7. The number of tetrazole rings is 1. The number of ether oxygens (including phenoxy) is 1. The molecular formula is C23H25N5O4. The number of furan rings is 1. The first-order valence-electron chi connectivity index (χ1n) is 10.7. The van der Waals surface area contributed by atoms with Crippen molar-refractivity contribution in [1.82, 2.24) is 25.1 Å². The summed E-state index contributed by atoms with van der Waals surface area (Å²) in [6.07, 6.45) is 6.12. The lowest BCUT2D eigenvalue weighted by Gasteiger charge is -2.22. The smallest absolute Gasteiger partial charge is 0.357 e. The summed E-state index contributed by atoms with van der Waals surface area (Å²) in [4.78, 5) is 27.5. The molecule has 0 spiro atoms. The number of esters is 1. The van der Waals surface area contributed by atoms with E-state index in [2.05, 4.69) is 15.5 Å². The van der Waals surface area contributed by atoms with Crippen molar-refractivity contribution in [2.24, 2.45) is 5.92 Å². The van der Waals surface area contributed by atoms with E-state index >= 15 is 0 Å². The fourth-order valence-electron chi connectivity index (χ4n) is 3.32. The lowest BCUT2D eigenvalue weighted by Crippen LogP contribution is -2.37. The second kappa shape index (κ2) is 10.0. The molecule has 1 amide bonds. The zero-order chi connectivity index (χ0) is 22.3. The van der Waals surface area contributed by atoms with E-state index in [-0.39, 0.29) is 18.2 Å². The van der Waals surface area contributed by atoms with Gasteiger partial charge in [-0.1, -0.05) is 37.3 Å². The molecule has 1 aromatic carbocycles. The molecule has 3 aromatic rings. The van der Waals surface area contributed by atoms with Gasteiger partial charge in [0.1, 0.15) is 5.76 Å². The molecule has 0 saturated heterocycles. The zero-order valence-corrected chi connectivity index (χ0v) is 17.9. The molecule has 32 heavy (non-hydrogen) atoms. The molecule has 1 aliphatic carbocycles. The van der Waals surface area contributed by atoms with E-state index in [4.69, 9.17) is 9.15 Å². The van der Waals surface area contributed by atoms with Crippen molar-refractivity contribution in [3.05, 3.63) is 54.5 Å². The zero-order valence-electron chi connectivity index (χ0n) is 17.9. The molecule has 0 radical (unpaired) electrons. The lowest BCUT2D eigenvalue weighted by molar-refractivity contribution is -0.147. The molecule has 2 aromatic heterocycles. The molecule has 0 bridgehead atoms. The Hall–Kier alpha value is -3.75. The highest BCUT2D eigenvalue weighted by molar-refractivity contribution is 6.15. The molecular weight excluding hydrogens is 410 g/mol. The molecule has 9 nitrogen and oxygen atoms in total. The van der Waals surface area contributed by atoms with Crippen molar-refractivity contribution in [3.8, 4) is 11.4 Å². The van der Waals surface area contributed by atoms with Crippen LogP contribution in [0, 0.1) is 5.92 Å². The summed E-state index contributed by atoms with van der Waals surface area (Å²) in [6, 6.07) is 12.7. The molecule has 0 aliphatic heterocycles. The van der Waals surface area contributed by atoms with Crippen molar-refractivity contribution in [1.29, 1.82) is 0 Å². The maximum Gasteiger partial charge on any atom is 0.357 e. The Bertz CT molecular complexity index is 1070. The van der Waals surface area contributed by atoms with Gasteiger partial charge in [0.05, 0.1) is 6.26 Å². The summed E-state index contributed by atoms with van der Waals surface area (Å²) < 4.78 is 12.1. The van der Waals surface area contributed by atoms with E-state index < -0.39 is 5.97 Å². The number of benzene rings is 1. The van der Waals surface area contributed by atoms with E-state index in [1.165, 1.54) is 17.0 Å². The monoisotopic (exact) mass is 435 g/mol.